The van der Waals surface area contributed by atoms with E-state index in [0.29, 0.717) is 26.0 Å². The van der Waals surface area contributed by atoms with Crippen LogP contribution in [-0.2, 0) is 16.0 Å². The zero-order valence-electron chi connectivity index (χ0n) is 17.0. The first-order chi connectivity index (χ1) is 14.0. The van der Waals surface area contributed by atoms with E-state index in [1.807, 2.05) is 43.3 Å². The van der Waals surface area contributed by atoms with Crippen molar-refractivity contribution in [3.63, 3.8) is 0 Å². The van der Waals surface area contributed by atoms with Crippen LogP contribution in [0.1, 0.15) is 43.4 Å². The predicted octanol–water partition coefficient (Wildman–Crippen LogP) is 3.76. The second-order valence-corrected chi connectivity index (χ2v) is 7.59. The minimum Gasteiger partial charge on any atom is -0.494 e. The Morgan fingerprint density at radius 1 is 1.10 bits per heavy atom. The molecule has 0 aromatic heterocycles. The Balaban J connectivity index is 1.52. The van der Waals surface area contributed by atoms with Gasteiger partial charge in [0.15, 0.2) is 0 Å². The smallest absolute Gasteiger partial charge is 0.220 e. The van der Waals surface area contributed by atoms with Crippen molar-refractivity contribution >= 4 is 11.7 Å². The number of hydrogen-bond acceptors (Lipinski definition) is 3. The molecule has 3 rings (SSSR count). The van der Waals surface area contributed by atoms with Crippen LogP contribution in [0.4, 0.5) is 0 Å². The molecule has 4 nitrogen and oxygen atoms in total. The molecule has 4 heteroatoms. The Hall–Kier alpha value is -3.06. The van der Waals surface area contributed by atoms with Gasteiger partial charge < -0.3 is 10.1 Å². The number of carbonyl (C=O) groups is 2. The maximum absolute atomic E-state index is 12.3. The van der Waals surface area contributed by atoms with Gasteiger partial charge in [-0.15, -0.1) is 0 Å². The Morgan fingerprint density at radius 2 is 1.72 bits per heavy atom. The summed E-state index contributed by atoms with van der Waals surface area (Å²) in [7, 11) is 0. The van der Waals surface area contributed by atoms with Gasteiger partial charge in [0.25, 0.3) is 0 Å². The zero-order chi connectivity index (χ0) is 20.6. The lowest BCUT2D eigenvalue weighted by Gasteiger charge is -2.13. The monoisotopic (exact) mass is 389 g/mol. The molecule has 1 aliphatic heterocycles. The summed E-state index contributed by atoms with van der Waals surface area (Å²) in [6.45, 7) is 5.20. The first-order valence-corrected chi connectivity index (χ1v) is 10.2. The molecule has 0 aliphatic carbocycles. The highest BCUT2D eigenvalue weighted by Crippen LogP contribution is 2.19. The lowest BCUT2D eigenvalue weighted by molar-refractivity contribution is -0.125. The fourth-order valence-electron chi connectivity index (χ4n) is 3.49. The number of nitrogens with one attached hydrogen (secondary N) is 1. The predicted molar refractivity (Wildman–Crippen MR) is 114 cm³/mol. The number of amides is 1. The summed E-state index contributed by atoms with van der Waals surface area (Å²) in [5.74, 6) is 7.48. The summed E-state index contributed by atoms with van der Waals surface area (Å²) in [5.41, 5.74) is 3.10. The summed E-state index contributed by atoms with van der Waals surface area (Å²) in [6, 6.07) is 16.0. The molecule has 0 radical (unpaired) electrons. The molecule has 150 valence electrons. The van der Waals surface area contributed by atoms with Crippen LogP contribution < -0.4 is 10.1 Å². The second-order valence-electron chi connectivity index (χ2n) is 7.59. The van der Waals surface area contributed by atoms with Gasteiger partial charge in [0.2, 0.25) is 5.91 Å². The molecule has 1 N–H and O–H groups in total. The first kappa shape index (κ1) is 20.7. The van der Waals surface area contributed by atoms with Crippen molar-refractivity contribution in [3.8, 4) is 17.6 Å². The Morgan fingerprint density at radius 3 is 2.28 bits per heavy atom. The molecule has 0 saturated carbocycles. The lowest BCUT2D eigenvalue weighted by atomic mass is 9.90. The highest BCUT2D eigenvalue weighted by molar-refractivity contribution is 5.90. The molecule has 1 amide bonds. The van der Waals surface area contributed by atoms with E-state index >= 15 is 0 Å². The molecule has 2 aromatic carbocycles. The van der Waals surface area contributed by atoms with Crippen molar-refractivity contribution in [1.29, 1.82) is 0 Å². The standard InChI is InChI=1S/C25H27NO3/c1-3-29-23-12-10-20(11-13-23)5-4-19-6-8-21(9-7-19)14-18(2)15-24(27)22-16-25(28)26-17-22/h6-13,18,22H,3,14-17H2,1-2H3,(H,26,28). The second kappa shape index (κ2) is 9.93. The summed E-state index contributed by atoms with van der Waals surface area (Å²) in [5, 5.41) is 2.73. The Bertz CT molecular complexity index is 904. The van der Waals surface area contributed by atoms with Gasteiger partial charge in [-0.25, -0.2) is 0 Å². The van der Waals surface area contributed by atoms with E-state index in [9.17, 15) is 9.59 Å². The molecular weight excluding hydrogens is 362 g/mol. The van der Waals surface area contributed by atoms with Crippen LogP contribution in [0.15, 0.2) is 48.5 Å². The number of rotatable bonds is 7. The third kappa shape index (κ3) is 6.22. The zero-order valence-corrected chi connectivity index (χ0v) is 17.0. The highest BCUT2D eigenvalue weighted by atomic mass is 16.5. The molecule has 2 aromatic rings. The molecule has 1 heterocycles. The van der Waals surface area contributed by atoms with Gasteiger partial charge in [-0.2, -0.15) is 0 Å². The summed E-state index contributed by atoms with van der Waals surface area (Å²) in [6.07, 6.45) is 1.69. The summed E-state index contributed by atoms with van der Waals surface area (Å²) in [4.78, 5) is 23.6. The van der Waals surface area contributed by atoms with Gasteiger partial charge in [0.05, 0.1) is 6.61 Å². The van der Waals surface area contributed by atoms with Crippen molar-refractivity contribution in [2.24, 2.45) is 11.8 Å². The largest absolute Gasteiger partial charge is 0.494 e. The minimum absolute atomic E-state index is 0.0158. The average Bonchev–Trinajstić information content (AvgIpc) is 3.15. The van der Waals surface area contributed by atoms with Crippen molar-refractivity contribution in [3.05, 3.63) is 65.2 Å². The normalized spacial score (nSPS) is 16.5. The maximum Gasteiger partial charge on any atom is 0.220 e. The van der Waals surface area contributed by atoms with Gasteiger partial charge in [-0.05, 0) is 61.2 Å². The van der Waals surface area contributed by atoms with Crippen LogP contribution in [0.5, 0.6) is 5.75 Å². The summed E-state index contributed by atoms with van der Waals surface area (Å²) >= 11 is 0. The van der Waals surface area contributed by atoms with E-state index in [1.54, 1.807) is 0 Å². The SMILES string of the molecule is CCOc1ccc(C#Cc2ccc(CC(C)CC(=O)C3CNC(=O)C3)cc2)cc1. The molecule has 0 bridgehead atoms. The molecule has 2 atom stereocenters. The molecule has 29 heavy (non-hydrogen) atoms. The number of benzene rings is 2. The van der Waals surface area contributed by atoms with Crippen molar-refractivity contribution in [1.82, 2.24) is 5.32 Å². The fourth-order valence-corrected chi connectivity index (χ4v) is 3.49. The van der Waals surface area contributed by atoms with Gasteiger partial charge >= 0.3 is 0 Å². The first-order valence-electron chi connectivity index (χ1n) is 10.2. The van der Waals surface area contributed by atoms with Crippen molar-refractivity contribution in [2.45, 2.75) is 33.1 Å². The lowest BCUT2D eigenvalue weighted by Crippen LogP contribution is -2.20. The molecule has 1 saturated heterocycles. The van der Waals surface area contributed by atoms with Gasteiger partial charge in [-0.3, -0.25) is 9.59 Å². The molecule has 1 fully saturated rings. The van der Waals surface area contributed by atoms with E-state index in [-0.39, 0.29) is 23.5 Å². The minimum atomic E-state index is -0.148. The molecule has 1 aliphatic rings. The Kier molecular flexibility index (Phi) is 7.08. The van der Waals surface area contributed by atoms with Crippen LogP contribution in [0.25, 0.3) is 0 Å². The van der Waals surface area contributed by atoms with Crippen molar-refractivity contribution < 1.29 is 14.3 Å². The van der Waals surface area contributed by atoms with E-state index in [0.717, 1.165) is 23.3 Å². The van der Waals surface area contributed by atoms with Crippen LogP contribution >= 0.6 is 0 Å². The van der Waals surface area contributed by atoms with E-state index in [1.165, 1.54) is 5.56 Å². The maximum atomic E-state index is 12.3. The molecule has 0 spiro atoms. The number of carbonyl (C=O) groups excluding carboxylic acids is 2. The van der Waals surface area contributed by atoms with Crippen LogP contribution in [0.2, 0.25) is 0 Å². The number of ether oxygens (including phenoxy) is 1. The van der Waals surface area contributed by atoms with E-state index < -0.39 is 0 Å². The number of hydrogen-bond donors (Lipinski definition) is 1. The topological polar surface area (TPSA) is 55.4 Å². The molecule has 2 unspecified atom stereocenters. The van der Waals surface area contributed by atoms with Crippen LogP contribution in [0.3, 0.4) is 0 Å². The number of ketones is 1. The highest BCUT2D eigenvalue weighted by Gasteiger charge is 2.28. The van der Waals surface area contributed by atoms with Gasteiger partial charge in [0, 0.05) is 36.4 Å². The number of Topliss-reactive ketones (excluding diaryl/α,β-unsaturated/α-hetero) is 1. The van der Waals surface area contributed by atoms with Crippen LogP contribution in [0, 0.1) is 23.7 Å². The quantitative estimate of drug-likeness (QED) is 0.734. The van der Waals surface area contributed by atoms with Crippen LogP contribution in [-0.4, -0.2) is 24.8 Å². The summed E-state index contributed by atoms with van der Waals surface area (Å²) < 4.78 is 5.44. The van der Waals surface area contributed by atoms with E-state index in [2.05, 4.69) is 36.2 Å². The Labute approximate surface area is 172 Å². The average molecular weight is 389 g/mol. The van der Waals surface area contributed by atoms with Gasteiger partial charge in [-0.1, -0.05) is 30.9 Å². The van der Waals surface area contributed by atoms with E-state index in [4.69, 9.17) is 4.74 Å². The third-order valence-electron chi connectivity index (χ3n) is 5.04. The molecular formula is C25H27NO3. The third-order valence-corrected chi connectivity index (χ3v) is 5.04. The van der Waals surface area contributed by atoms with Crippen molar-refractivity contribution in [2.75, 3.05) is 13.2 Å². The fraction of sp³-hybridized carbons (Fsp3) is 0.360. The van der Waals surface area contributed by atoms with Gasteiger partial charge in [0.1, 0.15) is 11.5 Å².